The van der Waals surface area contributed by atoms with Gasteiger partial charge in [0.2, 0.25) is 0 Å². The maximum Gasteiger partial charge on any atom is 0.0469 e. The predicted octanol–water partition coefficient (Wildman–Crippen LogP) is 0.647. The van der Waals surface area contributed by atoms with E-state index in [2.05, 4.69) is 5.32 Å². The fourth-order valence-electron chi connectivity index (χ4n) is 1.19. The Hall–Kier alpha value is -0.0800. The summed E-state index contributed by atoms with van der Waals surface area (Å²) in [6, 6.07) is 0. The third-order valence-corrected chi connectivity index (χ3v) is 1.78. The van der Waals surface area contributed by atoms with E-state index in [1.54, 1.807) is 0 Å². The van der Waals surface area contributed by atoms with Gasteiger partial charge in [0.25, 0.3) is 0 Å². The van der Waals surface area contributed by atoms with Gasteiger partial charge in [-0.1, -0.05) is 0 Å². The zero-order valence-corrected chi connectivity index (χ0v) is 5.97. The molecule has 1 saturated heterocycles. The topological polar surface area (TPSA) is 23.3 Å². The van der Waals surface area contributed by atoms with Crippen LogP contribution in [0.15, 0.2) is 0 Å². The van der Waals surface area contributed by atoms with Crippen molar-refractivity contribution < 1.29 is 4.74 Å². The normalized spacial score (nSPS) is 22.3. The van der Waals surface area contributed by atoms with Crippen molar-refractivity contribution in [1.82, 2.24) is 5.32 Å². The summed E-state index contributed by atoms with van der Waals surface area (Å²) >= 11 is 0. The van der Waals surface area contributed by atoms with Crippen LogP contribution in [0, 0.1) is 5.92 Å². The fourth-order valence-corrected chi connectivity index (χ4v) is 1.19. The van der Waals surface area contributed by atoms with Crippen LogP contribution < -0.4 is 5.32 Å². The highest BCUT2D eigenvalue weighted by Crippen LogP contribution is 2.12. The molecule has 1 heterocycles. The summed E-state index contributed by atoms with van der Waals surface area (Å²) < 4.78 is 5.20. The van der Waals surface area contributed by atoms with Crippen LogP contribution in [-0.4, -0.2) is 26.8 Å². The highest BCUT2D eigenvalue weighted by molar-refractivity contribution is 4.63. The van der Waals surface area contributed by atoms with Crippen LogP contribution in [0.25, 0.3) is 0 Å². The molecular formula is C7H14NO. The lowest BCUT2D eigenvalue weighted by Gasteiger charge is -2.20. The molecule has 0 aromatic rings. The van der Waals surface area contributed by atoms with Gasteiger partial charge in [-0.2, -0.15) is 0 Å². The fraction of sp³-hybridized carbons (Fsp3) is 1.00. The van der Waals surface area contributed by atoms with Gasteiger partial charge in [-0.3, -0.25) is 0 Å². The van der Waals surface area contributed by atoms with Crippen LogP contribution in [0.2, 0.25) is 0 Å². The van der Waals surface area contributed by atoms with E-state index in [9.17, 15) is 0 Å². The van der Waals surface area contributed by atoms with Crippen LogP contribution in [0.3, 0.4) is 0 Å². The molecule has 0 aromatic heterocycles. The van der Waals surface area contributed by atoms with Crippen molar-refractivity contribution in [2.24, 2.45) is 5.92 Å². The summed E-state index contributed by atoms with van der Waals surface area (Å²) in [6.07, 6.45) is 2.41. The summed E-state index contributed by atoms with van der Waals surface area (Å²) in [7, 11) is 1.88. The molecule has 1 fully saturated rings. The molecule has 0 atom stereocenters. The maximum absolute atomic E-state index is 5.20. The number of nitrogens with zero attached hydrogens (tertiary/aromatic N) is 1. The van der Waals surface area contributed by atoms with Crippen molar-refractivity contribution >= 4 is 0 Å². The van der Waals surface area contributed by atoms with Crippen LogP contribution in [-0.2, 0) is 4.74 Å². The molecule has 1 aliphatic heterocycles. The Morgan fingerprint density at radius 3 is 2.67 bits per heavy atom. The highest BCUT2D eigenvalue weighted by Gasteiger charge is 2.11. The Balaban J connectivity index is 2.08. The SMILES string of the molecule is C[N]CC1CCOCC1. The average Bonchev–Trinajstić information content (AvgIpc) is 1.91. The number of hydrogen-bond donors (Lipinski definition) is 0. The second-order valence-corrected chi connectivity index (χ2v) is 2.55. The monoisotopic (exact) mass is 128 g/mol. The second kappa shape index (κ2) is 3.85. The second-order valence-electron chi connectivity index (χ2n) is 2.55. The van der Waals surface area contributed by atoms with Crippen LogP contribution in [0.1, 0.15) is 12.8 Å². The minimum Gasteiger partial charge on any atom is -0.381 e. The molecule has 0 amide bonds. The third kappa shape index (κ3) is 2.33. The van der Waals surface area contributed by atoms with Gasteiger partial charge >= 0.3 is 0 Å². The molecule has 0 unspecified atom stereocenters. The molecule has 1 aliphatic rings. The highest BCUT2D eigenvalue weighted by atomic mass is 16.5. The van der Waals surface area contributed by atoms with Crippen molar-refractivity contribution in [3.8, 4) is 0 Å². The van der Waals surface area contributed by atoms with E-state index >= 15 is 0 Å². The van der Waals surface area contributed by atoms with E-state index < -0.39 is 0 Å². The Morgan fingerprint density at radius 1 is 1.44 bits per heavy atom. The smallest absolute Gasteiger partial charge is 0.0469 e. The Morgan fingerprint density at radius 2 is 2.11 bits per heavy atom. The Labute approximate surface area is 56.6 Å². The van der Waals surface area contributed by atoms with Crippen molar-refractivity contribution in [1.29, 1.82) is 0 Å². The summed E-state index contributed by atoms with van der Waals surface area (Å²) in [5.74, 6) is 0.809. The van der Waals surface area contributed by atoms with Gasteiger partial charge in [0, 0.05) is 26.8 Å². The molecule has 0 bridgehead atoms. The molecule has 0 aromatic carbocycles. The van der Waals surface area contributed by atoms with E-state index in [0.29, 0.717) is 0 Å². The molecule has 9 heavy (non-hydrogen) atoms. The quantitative estimate of drug-likeness (QED) is 0.535. The molecule has 0 aliphatic carbocycles. The zero-order chi connectivity index (χ0) is 6.53. The minimum atomic E-state index is 0.809. The summed E-state index contributed by atoms with van der Waals surface area (Å²) in [6.45, 7) is 2.92. The molecule has 1 rings (SSSR count). The molecule has 0 saturated carbocycles. The van der Waals surface area contributed by atoms with Crippen LogP contribution in [0.5, 0.6) is 0 Å². The molecule has 0 spiro atoms. The van der Waals surface area contributed by atoms with E-state index in [1.807, 2.05) is 7.05 Å². The molecule has 0 N–H and O–H groups in total. The van der Waals surface area contributed by atoms with Gasteiger partial charge in [0.15, 0.2) is 0 Å². The average molecular weight is 128 g/mol. The number of hydrogen-bond acceptors (Lipinski definition) is 1. The van der Waals surface area contributed by atoms with Gasteiger partial charge in [-0.15, -0.1) is 0 Å². The van der Waals surface area contributed by atoms with Gasteiger partial charge in [0.05, 0.1) is 0 Å². The first-order chi connectivity index (χ1) is 4.43. The van der Waals surface area contributed by atoms with Crippen molar-refractivity contribution in [2.75, 3.05) is 26.8 Å². The first-order valence-corrected chi connectivity index (χ1v) is 3.57. The third-order valence-electron chi connectivity index (χ3n) is 1.78. The lowest BCUT2D eigenvalue weighted by molar-refractivity contribution is 0.0666. The standard InChI is InChI=1S/C7H14NO/c1-8-6-7-2-4-9-5-3-7/h7H,2-6H2,1H3. The number of ether oxygens (including phenoxy) is 1. The van der Waals surface area contributed by atoms with Crippen molar-refractivity contribution in [2.45, 2.75) is 12.8 Å². The minimum absolute atomic E-state index is 0.809. The molecule has 1 radical (unpaired) electrons. The van der Waals surface area contributed by atoms with Crippen LogP contribution in [0.4, 0.5) is 0 Å². The summed E-state index contributed by atoms with van der Waals surface area (Å²) in [5, 5.41) is 4.10. The van der Waals surface area contributed by atoms with Gasteiger partial charge in [-0.25, -0.2) is 5.32 Å². The maximum atomic E-state index is 5.20. The van der Waals surface area contributed by atoms with Gasteiger partial charge in [0.1, 0.15) is 0 Å². The van der Waals surface area contributed by atoms with E-state index in [1.165, 1.54) is 12.8 Å². The first-order valence-electron chi connectivity index (χ1n) is 3.57. The van der Waals surface area contributed by atoms with E-state index in [-0.39, 0.29) is 0 Å². The summed E-state index contributed by atoms with van der Waals surface area (Å²) in [5.41, 5.74) is 0. The van der Waals surface area contributed by atoms with Gasteiger partial charge < -0.3 is 4.74 Å². The Bertz CT molecular complexity index is 66.6. The zero-order valence-electron chi connectivity index (χ0n) is 5.97. The molecular weight excluding hydrogens is 114 g/mol. The molecule has 2 nitrogen and oxygen atoms in total. The van der Waals surface area contributed by atoms with Gasteiger partial charge in [-0.05, 0) is 18.8 Å². The number of rotatable bonds is 2. The molecule has 2 heteroatoms. The summed E-state index contributed by atoms with van der Waals surface area (Å²) in [4.78, 5) is 0. The van der Waals surface area contributed by atoms with Crippen LogP contribution >= 0.6 is 0 Å². The van der Waals surface area contributed by atoms with Crippen molar-refractivity contribution in [3.63, 3.8) is 0 Å². The van der Waals surface area contributed by atoms with Crippen molar-refractivity contribution in [3.05, 3.63) is 0 Å². The lowest BCUT2D eigenvalue weighted by atomic mass is 10.0. The lowest BCUT2D eigenvalue weighted by Crippen LogP contribution is -2.22. The predicted molar refractivity (Wildman–Crippen MR) is 36.5 cm³/mol. The van der Waals surface area contributed by atoms with E-state index in [4.69, 9.17) is 4.74 Å². The Kier molecular flexibility index (Phi) is 3.01. The largest absolute Gasteiger partial charge is 0.381 e. The van der Waals surface area contributed by atoms with E-state index in [0.717, 1.165) is 25.7 Å². The molecule has 53 valence electrons. The first kappa shape index (κ1) is 7.03.